The lowest BCUT2D eigenvalue weighted by Gasteiger charge is -2.04. The number of carbonyl (C=O) groups excluding carboxylic acids is 1. The van der Waals surface area contributed by atoms with E-state index in [0.29, 0.717) is 11.8 Å². The number of nitro groups is 1. The van der Waals surface area contributed by atoms with Gasteiger partial charge in [0, 0.05) is 6.07 Å². The first-order valence-electron chi connectivity index (χ1n) is 5.83. The Bertz CT molecular complexity index is 706. The fourth-order valence-electron chi connectivity index (χ4n) is 1.74. The molecule has 0 spiro atoms. The molecule has 0 atom stereocenters. The van der Waals surface area contributed by atoms with Gasteiger partial charge in [-0.1, -0.05) is 0 Å². The predicted octanol–water partition coefficient (Wildman–Crippen LogP) is 1.96. The first-order valence-corrected chi connectivity index (χ1v) is 5.83. The minimum absolute atomic E-state index is 0.168. The van der Waals surface area contributed by atoms with E-state index in [0.717, 1.165) is 12.1 Å². The Hall–Kier alpha value is -2.90. The molecule has 0 radical (unpaired) electrons. The van der Waals surface area contributed by atoms with E-state index in [2.05, 4.69) is 9.97 Å². The third-order valence-corrected chi connectivity index (χ3v) is 2.71. The Kier molecular flexibility index (Phi) is 4.17. The minimum atomic E-state index is -0.795. The predicted molar refractivity (Wildman–Crippen MR) is 69.7 cm³/mol. The van der Waals surface area contributed by atoms with Gasteiger partial charge in [-0.05, 0) is 12.1 Å². The second kappa shape index (κ2) is 6.04. The number of nitro benzene ring substituents is 1. The number of carbonyl (C=O) groups is 1. The fraction of sp³-hybridized carbons (Fsp3) is 0.154. The molecule has 0 aliphatic heterocycles. The van der Waals surface area contributed by atoms with E-state index in [-0.39, 0.29) is 17.9 Å². The minimum Gasteiger partial charge on any atom is -0.481 e. The second-order valence-corrected chi connectivity index (χ2v) is 4.07. The highest BCUT2D eigenvalue weighted by Gasteiger charge is 2.21. The monoisotopic (exact) mass is 291 g/mol. The first-order chi connectivity index (χ1) is 10.0. The summed E-state index contributed by atoms with van der Waals surface area (Å²) in [6.45, 7) is 0. The summed E-state index contributed by atoms with van der Waals surface area (Å²) in [5, 5.41) is 10.9. The van der Waals surface area contributed by atoms with Crippen LogP contribution in [0.5, 0.6) is 5.88 Å². The van der Waals surface area contributed by atoms with Crippen molar-refractivity contribution in [2.24, 2.45) is 0 Å². The van der Waals surface area contributed by atoms with Crippen molar-refractivity contribution in [3.8, 4) is 5.88 Å². The molecule has 0 aliphatic rings. The largest absolute Gasteiger partial charge is 0.481 e. The van der Waals surface area contributed by atoms with Crippen LogP contribution in [0, 0.1) is 15.9 Å². The lowest BCUT2D eigenvalue weighted by atomic mass is 10.0. The zero-order chi connectivity index (χ0) is 15.4. The van der Waals surface area contributed by atoms with Gasteiger partial charge in [-0.2, -0.15) is 0 Å². The van der Waals surface area contributed by atoms with E-state index in [1.165, 1.54) is 19.5 Å². The molecule has 0 saturated heterocycles. The molecule has 1 aromatic heterocycles. The number of nitrogens with zero attached hydrogens (tertiary/aromatic N) is 3. The Morgan fingerprint density at radius 1 is 1.38 bits per heavy atom. The molecule has 0 bridgehead atoms. The first kappa shape index (κ1) is 14.5. The van der Waals surface area contributed by atoms with Crippen LogP contribution >= 0.6 is 0 Å². The van der Waals surface area contributed by atoms with E-state index in [9.17, 15) is 19.3 Å². The van der Waals surface area contributed by atoms with Gasteiger partial charge in [0.15, 0.2) is 5.78 Å². The molecule has 0 N–H and O–H groups in total. The lowest BCUT2D eigenvalue weighted by Crippen LogP contribution is -2.09. The van der Waals surface area contributed by atoms with Crippen molar-refractivity contribution in [2.75, 3.05) is 7.11 Å². The average molecular weight is 291 g/mol. The molecular formula is C13H10FN3O4. The molecule has 108 valence electrons. The van der Waals surface area contributed by atoms with Gasteiger partial charge in [-0.15, -0.1) is 0 Å². The van der Waals surface area contributed by atoms with E-state index in [1.807, 2.05) is 0 Å². The number of hydrogen-bond acceptors (Lipinski definition) is 6. The summed E-state index contributed by atoms with van der Waals surface area (Å²) in [6, 6.07) is 4.26. The van der Waals surface area contributed by atoms with Crippen LogP contribution in [0.1, 0.15) is 16.1 Å². The Morgan fingerprint density at radius 3 is 2.81 bits per heavy atom. The molecule has 0 fully saturated rings. The smallest absolute Gasteiger partial charge is 0.283 e. The average Bonchev–Trinajstić information content (AvgIpc) is 2.47. The number of methoxy groups -OCH3 is 1. The number of ether oxygens (including phenoxy) is 1. The number of halogens is 1. The summed E-state index contributed by atoms with van der Waals surface area (Å²) in [6.07, 6.45) is 1.05. The second-order valence-electron chi connectivity index (χ2n) is 4.07. The van der Waals surface area contributed by atoms with E-state index >= 15 is 0 Å². The highest BCUT2D eigenvalue weighted by Crippen LogP contribution is 2.21. The number of benzene rings is 1. The van der Waals surface area contributed by atoms with Gasteiger partial charge in [0.2, 0.25) is 5.88 Å². The molecule has 21 heavy (non-hydrogen) atoms. The Balaban J connectivity index is 2.30. The number of ketones is 1. The SMILES string of the molecule is COc1cc(CC(=O)c2ccc(F)cc2[N+](=O)[O-])ncn1. The summed E-state index contributed by atoms with van der Waals surface area (Å²) in [7, 11) is 1.42. The van der Waals surface area contributed by atoms with E-state index in [4.69, 9.17) is 4.74 Å². The number of hydrogen-bond donors (Lipinski definition) is 0. The Labute approximate surface area is 118 Å². The van der Waals surface area contributed by atoms with Crippen molar-refractivity contribution in [1.29, 1.82) is 0 Å². The molecule has 0 saturated carbocycles. The molecular weight excluding hydrogens is 281 g/mol. The van der Waals surface area contributed by atoms with Gasteiger partial charge in [-0.3, -0.25) is 14.9 Å². The summed E-state index contributed by atoms with van der Waals surface area (Å²) < 4.78 is 17.9. The molecule has 7 nitrogen and oxygen atoms in total. The highest BCUT2D eigenvalue weighted by molar-refractivity contribution is 6.00. The molecule has 0 amide bonds. The fourth-order valence-corrected chi connectivity index (χ4v) is 1.74. The van der Waals surface area contributed by atoms with E-state index in [1.54, 1.807) is 0 Å². The van der Waals surface area contributed by atoms with Gasteiger partial charge in [0.25, 0.3) is 5.69 Å². The number of Topliss-reactive ketones (excluding diaryl/α,β-unsaturated/α-hetero) is 1. The van der Waals surface area contributed by atoms with Crippen LogP contribution in [0.25, 0.3) is 0 Å². The van der Waals surface area contributed by atoms with Crippen molar-refractivity contribution < 1.29 is 18.8 Å². The van der Waals surface area contributed by atoms with Gasteiger partial charge in [0.1, 0.15) is 12.1 Å². The van der Waals surface area contributed by atoms with Crippen LogP contribution in [-0.2, 0) is 6.42 Å². The quantitative estimate of drug-likeness (QED) is 0.474. The molecule has 2 rings (SSSR count). The maximum absolute atomic E-state index is 13.0. The van der Waals surface area contributed by atoms with Crippen molar-refractivity contribution in [3.05, 3.63) is 57.8 Å². The third kappa shape index (κ3) is 3.35. The van der Waals surface area contributed by atoms with Crippen molar-refractivity contribution in [2.45, 2.75) is 6.42 Å². The molecule has 1 aromatic carbocycles. The molecule has 2 aromatic rings. The maximum atomic E-state index is 13.0. The van der Waals surface area contributed by atoms with Crippen LogP contribution in [0.15, 0.2) is 30.6 Å². The van der Waals surface area contributed by atoms with Gasteiger partial charge in [-0.25, -0.2) is 14.4 Å². The molecule has 0 aliphatic carbocycles. The van der Waals surface area contributed by atoms with Gasteiger partial charge in [0.05, 0.1) is 35.8 Å². The maximum Gasteiger partial charge on any atom is 0.283 e. The van der Waals surface area contributed by atoms with Crippen LogP contribution in [0.4, 0.5) is 10.1 Å². The lowest BCUT2D eigenvalue weighted by molar-refractivity contribution is -0.385. The van der Waals surface area contributed by atoms with Crippen molar-refractivity contribution in [1.82, 2.24) is 9.97 Å². The number of rotatable bonds is 5. The summed E-state index contributed by atoms with van der Waals surface area (Å²) >= 11 is 0. The normalized spacial score (nSPS) is 10.2. The third-order valence-electron chi connectivity index (χ3n) is 2.71. The zero-order valence-corrected chi connectivity index (χ0v) is 10.9. The van der Waals surface area contributed by atoms with Crippen molar-refractivity contribution in [3.63, 3.8) is 0 Å². The van der Waals surface area contributed by atoms with Gasteiger partial charge >= 0.3 is 0 Å². The van der Waals surface area contributed by atoms with Crippen molar-refractivity contribution >= 4 is 11.5 Å². The zero-order valence-electron chi connectivity index (χ0n) is 10.9. The Morgan fingerprint density at radius 2 is 2.14 bits per heavy atom. The van der Waals surface area contributed by atoms with Crippen LogP contribution in [-0.4, -0.2) is 27.8 Å². The standard InChI is InChI=1S/C13H10FN3O4/c1-21-13-6-9(15-7-16-13)5-12(18)10-3-2-8(14)4-11(10)17(19)20/h2-4,6-7H,5H2,1H3. The summed E-state index contributed by atoms with van der Waals surface area (Å²) in [4.78, 5) is 29.9. The topological polar surface area (TPSA) is 95.2 Å². The van der Waals surface area contributed by atoms with Crippen LogP contribution in [0.3, 0.4) is 0 Å². The van der Waals surface area contributed by atoms with Gasteiger partial charge < -0.3 is 4.74 Å². The molecule has 0 unspecified atom stereocenters. The van der Waals surface area contributed by atoms with E-state index < -0.39 is 22.2 Å². The molecule has 8 heteroatoms. The van der Waals surface area contributed by atoms with Crippen LogP contribution < -0.4 is 4.74 Å². The highest BCUT2D eigenvalue weighted by atomic mass is 19.1. The van der Waals surface area contributed by atoms with Crippen LogP contribution in [0.2, 0.25) is 0 Å². The summed E-state index contributed by atoms with van der Waals surface area (Å²) in [5.41, 5.74) is -0.384. The number of aromatic nitrogens is 2. The molecule has 1 heterocycles. The summed E-state index contributed by atoms with van der Waals surface area (Å²) in [5.74, 6) is -1.04.